The van der Waals surface area contributed by atoms with Gasteiger partial charge in [-0.1, -0.05) is 71.1 Å². The van der Waals surface area contributed by atoms with E-state index in [-0.39, 0.29) is 5.92 Å². The van der Waals surface area contributed by atoms with Crippen LogP contribution < -0.4 is 0 Å². The molecule has 2 aliphatic rings. The number of rotatable bonds is 9. The Labute approximate surface area is 152 Å². The largest absolute Gasteiger partial charge is 0.481 e. The summed E-state index contributed by atoms with van der Waals surface area (Å²) in [6.07, 6.45) is 13.7. The van der Waals surface area contributed by atoms with E-state index in [2.05, 4.69) is 6.92 Å². The van der Waals surface area contributed by atoms with Gasteiger partial charge in [-0.25, -0.2) is 0 Å². The van der Waals surface area contributed by atoms with E-state index in [1.165, 1.54) is 6.42 Å². The Bertz CT molecular complexity index is 455. The maximum absolute atomic E-state index is 12.6. The zero-order valence-corrected chi connectivity index (χ0v) is 15.9. The van der Waals surface area contributed by atoms with Crippen molar-refractivity contribution in [3.8, 4) is 0 Å². The normalized spacial score (nSPS) is 30.9. The van der Waals surface area contributed by atoms with E-state index in [0.717, 1.165) is 70.6 Å². The van der Waals surface area contributed by atoms with E-state index in [4.69, 9.17) is 0 Å². The van der Waals surface area contributed by atoms with Gasteiger partial charge in [0, 0.05) is 0 Å². The zero-order chi connectivity index (χ0) is 18.3. The van der Waals surface area contributed by atoms with E-state index < -0.39 is 22.8 Å². The fourth-order valence-corrected chi connectivity index (χ4v) is 5.75. The minimum Gasteiger partial charge on any atom is -0.481 e. The molecule has 0 bridgehead atoms. The van der Waals surface area contributed by atoms with Gasteiger partial charge in [-0.3, -0.25) is 9.59 Å². The number of unbranched alkanes of at least 4 members (excludes halogenated alkanes) is 4. The molecule has 0 radical (unpaired) electrons. The predicted octanol–water partition coefficient (Wildman–Crippen LogP) is 5.64. The van der Waals surface area contributed by atoms with Gasteiger partial charge >= 0.3 is 11.9 Å². The van der Waals surface area contributed by atoms with Crippen LogP contribution in [0.4, 0.5) is 0 Å². The first-order valence-corrected chi connectivity index (χ1v) is 10.5. The second-order valence-electron chi connectivity index (χ2n) is 8.37. The smallest absolute Gasteiger partial charge is 0.311 e. The summed E-state index contributed by atoms with van der Waals surface area (Å²) in [5.74, 6) is -1.66. The summed E-state index contributed by atoms with van der Waals surface area (Å²) >= 11 is 0. The molecular weight excluding hydrogens is 316 g/mol. The molecule has 2 rings (SSSR count). The van der Waals surface area contributed by atoms with E-state index in [9.17, 15) is 19.8 Å². The molecule has 25 heavy (non-hydrogen) atoms. The Morgan fingerprint density at radius 2 is 1.48 bits per heavy atom. The van der Waals surface area contributed by atoms with E-state index in [0.29, 0.717) is 19.3 Å². The average molecular weight is 353 g/mol. The molecule has 4 heteroatoms. The standard InChI is InChI=1S/C21H36O4/c1-2-3-4-5-9-14-20(18(22)23)15-10-11-16-21(20,19(24)25)17-12-7-6-8-13-17/h17H,2-16H2,1H3,(H,22,23)(H,24,25). The van der Waals surface area contributed by atoms with Crippen molar-refractivity contribution < 1.29 is 19.8 Å². The Hall–Kier alpha value is -1.06. The number of carboxylic acids is 2. The van der Waals surface area contributed by atoms with Crippen molar-refractivity contribution in [3.63, 3.8) is 0 Å². The third-order valence-corrected chi connectivity index (χ3v) is 7.08. The van der Waals surface area contributed by atoms with Crippen molar-refractivity contribution in [1.82, 2.24) is 0 Å². The van der Waals surface area contributed by atoms with Gasteiger partial charge in [0.1, 0.15) is 0 Å². The van der Waals surface area contributed by atoms with E-state index in [1.54, 1.807) is 0 Å². The lowest BCUT2D eigenvalue weighted by atomic mass is 9.47. The lowest BCUT2D eigenvalue weighted by Gasteiger charge is -2.53. The van der Waals surface area contributed by atoms with E-state index in [1.807, 2.05) is 0 Å². The molecular formula is C21H36O4. The van der Waals surface area contributed by atoms with Gasteiger partial charge in [-0.05, 0) is 38.0 Å². The second-order valence-corrected chi connectivity index (χ2v) is 8.37. The Balaban J connectivity index is 2.30. The minimum absolute atomic E-state index is 0.0331. The molecule has 2 aliphatic carbocycles. The van der Waals surface area contributed by atoms with Crippen LogP contribution in [0.3, 0.4) is 0 Å². The first kappa shape index (κ1) is 20.3. The van der Waals surface area contributed by atoms with Gasteiger partial charge < -0.3 is 10.2 Å². The SMILES string of the molecule is CCCCCCCC1(C(=O)O)CCCCC1(C(=O)O)C1CCCCC1. The molecule has 0 heterocycles. The first-order valence-electron chi connectivity index (χ1n) is 10.5. The molecule has 2 atom stereocenters. The highest BCUT2D eigenvalue weighted by Crippen LogP contribution is 2.60. The van der Waals surface area contributed by atoms with Gasteiger partial charge in [0.2, 0.25) is 0 Å². The lowest BCUT2D eigenvalue weighted by molar-refractivity contribution is -0.190. The van der Waals surface area contributed by atoms with Crippen molar-refractivity contribution >= 4 is 11.9 Å². The highest BCUT2D eigenvalue weighted by molar-refractivity contribution is 5.87. The van der Waals surface area contributed by atoms with Crippen molar-refractivity contribution in [1.29, 1.82) is 0 Å². The topological polar surface area (TPSA) is 74.6 Å². The fourth-order valence-electron chi connectivity index (χ4n) is 5.75. The highest BCUT2D eigenvalue weighted by atomic mass is 16.4. The summed E-state index contributed by atoms with van der Waals surface area (Å²) in [6, 6.07) is 0. The van der Waals surface area contributed by atoms with Crippen LogP contribution in [0.25, 0.3) is 0 Å². The molecule has 2 saturated carbocycles. The van der Waals surface area contributed by atoms with Crippen molar-refractivity contribution in [3.05, 3.63) is 0 Å². The van der Waals surface area contributed by atoms with Crippen molar-refractivity contribution in [2.75, 3.05) is 0 Å². The number of carboxylic acid groups (broad SMARTS) is 2. The number of aliphatic carboxylic acids is 2. The molecule has 0 spiro atoms. The monoisotopic (exact) mass is 352 g/mol. The van der Waals surface area contributed by atoms with E-state index >= 15 is 0 Å². The van der Waals surface area contributed by atoms with Gasteiger partial charge in [0.05, 0.1) is 10.8 Å². The van der Waals surface area contributed by atoms with Gasteiger partial charge in [-0.2, -0.15) is 0 Å². The van der Waals surface area contributed by atoms with Crippen LogP contribution >= 0.6 is 0 Å². The third kappa shape index (κ3) is 3.88. The van der Waals surface area contributed by atoms with Crippen LogP contribution in [0, 0.1) is 16.7 Å². The summed E-state index contributed by atoms with van der Waals surface area (Å²) in [7, 11) is 0. The molecule has 0 aliphatic heterocycles. The van der Waals surface area contributed by atoms with Crippen LogP contribution in [0.2, 0.25) is 0 Å². The fraction of sp³-hybridized carbons (Fsp3) is 0.905. The van der Waals surface area contributed by atoms with Crippen molar-refractivity contribution in [2.45, 2.75) is 103 Å². The van der Waals surface area contributed by atoms with Crippen LogP contribution in [-0.4, -0.2) is 22.2 Å². The quantitative estimate of drug-likeness (QED) is 0.526. The average Bonchev–Trinajstić information content (AvgIpc) is 2.62. The summed E-state index contributed by atoms with van der Waals surface area (Å²) in [5.41, 5.74) is -2.12. The first-order chi connectivity index (χ1) is 12.0. The van der Waals surface area contributed by atoms with Crippen molar-refractivity contribution in [2.24, 2.45) is 16.7 Å². The maximum atomic E-state index is 12.6. The maximum Gasteiger partial charge on any atom is 0.311 e. The second kappa shape index (κ2) is 9.05. The van der Waals surface area contributed by atoms with Crippen LogP contribution in [0.1, 0.15) is 103 Å². The Kier molecular flexibility index (Phi) is 7.33. The number of hydrogen-bond donors (Lipinski definition) is 2. The highest BCUT2D eigenvalue weighted by Gasteiger charge is 2.64. The Morgan fingerprint density at radius 1 is 0.840 bits per heavy atom. The summed E-state index contributed by atoms with van der Waals surface area (Å²) in [5, 5.41) is 20.5. The molecule has 0 aromatic rings. The Morgan fingerprint density at radius 3 is 2.08 bits per heavy atom. The number of carbonyl (C=O) groups is 2. The van der Waals surface area contributed by atoms with Gasteiger partial charge in [0.25, 0.3) is 0 Å². The third-order valence-electron chi connectivity index (χ3n) is 7.08. The summed E-state index contributed by atoms with van der Waals surface area (Å²) in [4.78, 5) is 25.1. The van der Waals surface area contributed by atoms with Crippen LogP contribution in [0.5, 0.6) is 0 Å². The predicted molar refractivity (Wildman–Crippen MR) is 98.6 cm³/mol. The molecule has 2 fully saturated rings. The lowest BCUT2D eigenvalue weighted by Crippen LogP contribution is -2.58. The zero-order valence-electron chi connectivity index (χ0n) is 15.9. The molecule has 0 aromatic carbocycles. The van der Waals surface area contributed by atoms with Gasteiger partial charge in [-0.15, -0.1) is 0 Å². The summed E-state index contributed by atoms with van der Waals surface area (Å²) in [6.45, 7) is 2.17. The molecule has 4 nitrogen and oxygen atoms in total. The summed E-state index contributed by atoms with van der Waals surface area (Å²) < 4.78 is 0. The van der Waals surface area contributed by atoms with Crippen LogP contribution in [-0.2, 0) is 9.59 Å². The minimum atomic E-state index is -1.06. The van der Waals surface area contributed by atoms with Crippen LogP contribution in [0.15, 0.2) is 0 Å². The molecule has 2 unspecified atom stereocenters. The molecule has 144 valence electrons. The molecule has 2 N–H and O–H groups in total. The molecule has 0 saturated heterocycles. The molecule has 0 amide bonds. The number of hydrogen-bond acceptors (Lipinski definition) is 2. The van der Waals surface area contributed by atoms with Gasteiger partial charge in [0.15, 0.2) is 0 Å². The molecule has 0 aromatic heterocycles.